The van der Waals surface area contributed by atoms with Crippen molar-refractivity contribution in [2.75, 3.05) is 12.9 Å². The molecule has 0 aromatic heterocycles. The number of aliphatic hydroxyl groups is 1. The Bertz CT molecular complexity index is 767. The van der Waals surface area contributed by atoms with E-state index in [0.717, 1.165) is 11.8 Å². The van der Waals surface area contributed by atoms with E-state index in [1.165, 1.54) is 6.92 Å². The highest BCUT2D eigenvalue weighted by molar-refractivity contribution is 7.85. The molecule has 1 aromatic carbocycles. The maximum atomic E-state index is 12.6. The van der Waals surface area contributed by atoms with Gasteiger partial charge in [0.05, 0.1) is 30.8 Å². The van der Waals surface area contributed by atoms with E-state index in [1.807, 2.05) is 18.2 Å². The number of ether oxygens (including phenoxy) is 2. The summed E-state index contributed by atoms with van der Waals surface area (Å²) < 4.78 is 37.4. The van der Waals surface area contributed by atoms with Crippen molar-refractivity contribution in [3.63, 3.8) is 0 Å². The normalized spacial score (nSPS) is 15.2. The Morgan fingerprint density at radius 1 is 1.10 bits per heavy atom. The highest BCUT2D eigenvalue weighted by atomic mass is 32.2. The molecule has 0 saturated heterocycles. The third-order valence-electron chi connectivity index (χ3n) is 3.91. The summed E-state index contributed by atoms with van der Waals surface area (Å²) in [4.78, 5) is 25.1. The van der Waals surface area contributed by atoms with Crippen LogP contribution in [0.4, 0.5) is 0 Å². The molecule has 0 aliphatic carbocycles. The topological polar surface area (TPSA) is 116 Å². The molecule has 1 rings (SSSR count). The Hall–Kier alpha value is -1.97. The van der Waals surface area contributed by atoms with Crippen molar-refractivity contribution in [2.45, 2.75) is 52.4 Å². The van der Waals surface area contributed by atoms with E-state index in [0.29, 0.717) is 0 Å². The molecule has 29 heavy (non-hydrogen) atoms. The summed E-state index contributed by atoms with van der Waals surface area (Å²) in [6.45, 7) is 6.08. The largest absolute Gasteiger partial charge is 0.461 e. The monoisotopic (exact) mass is 430 g/mol. The fourth-order valence-electron chi connectivity index (χ4n) is 2.47. The van der Waals surface area contributed by atoms with Gasteiger partial charge in [-0.3, -0.25) is 13.8 Å². The standard InChI is InChI=1S/C20H30O8S/c1-14(18(22)26-12-15-9-7-6-8-10-15)17(19(23)28-20(2,3)4)11-16(21)13-27-29(5,24)25/h6-10,14,16-17,21H,11-13H2,1-5H3/t14-,16?,17-/m0/s1. The van der Waals surface area contributed by atoms with Gasteiger partial charge in [-0.15, -0.1) is 0 Å². The third-order valence-corrected chi connectivity index (χ3v) is 4.47. The highest BCUT2D eigenvalue weighted by Crippen LogP contribution is 2.24. The minimum Gasteiger partial charge on any atom is -0.461 e. The average Bonchev–Trinajstić information content (AvgIpc) is 2.60. The van der Waals surface area contributed by atoms with Gasteiger partial charge in [-0.2, -0.15) is 8.42 Å². The van der Waals surface area contributed by atoms with Crippen LogP contribution in [0.15, 0.2) is 30.3 Å². The number of aliphatic hydroxyl groups excluding tert-OH is 1. The number of carbonyl (C=O) groups is 2. The molecule has 3 atom stereocenters. The molecule has 8 nitrogen and oxygen atoms in total. The number of benzene rings is 1. The summed E-state index contributed by atoms with van der Waals surface area (Å²) in [6, 6.07) is 9.07. The summed E-state index contributed by atoms with van der Waals surface area (Å²) in [5.41, 5.74) is 0.000428. The van der Waals surface area contributed by atoms with Gasteiger partial charge in [0.25, 0.3) is 10.1 Å². The van der Waals surface area contributed by atoms with Gasteiger partial charge in [-0.1, -0.05) is 37.3 Å². The first-order chi connectivity index (χ1) is 13.3. The van der Waals surface area contributed by atoms with Crippen LogP contribution in [0.3, 0.4) is 0 Å². The van der Waals surface area contributed by atoms with Crippen LogP contribution in [0.25, 0.3) is 0 Å². The first kappa shape index (κ1) is 25.1. The summed E-state index contributed by atoms with van der Waals surface area (Å²) >= 11 is 0. The van der Waals surface area contributed by atoms with E-state index < -0.39 is 52.2 Å². The molecule has 0 aliphatic heterocycles. The van der Waals surface area contributed by atoms with Crippen molar-refractivity contribution in [1.29, 1.82) is 0 Å². The predicted molar refractivity (Wildman–Crippen MR) is 106 cm³/mol. The maximum Gasteiger partial charge on any atom is 0.310 e. The first-order valence-corrected chi connectivity index (χ1v) is 11.1. The average molecular weight is 431 g/mol. The Kier molecular flexibility index (Phi) is 9.25. The molecular formula is C20H30O8S. The van der Waals surface area contributed by atoms with Gasteiger partial charge in [-0.25, -0.2) is 0 Å². The fraction of sp³-hybridized carbons (Fsp3) is 0.600. The van der Waals surface area contributed by atoms with Gasteiger partial charge in [-0.05, 0) is 32.8 Å². The zero-order chi connectivity index (χ0) is 22.2. The Morgan fingerprint density at radius 2 is 1.69 bits per heavy atom. The lowest BCUT2D eigenvalue weighted by atomic mass is 9.88. The highest BCUT2D eigenvalue weighted by Gasteiger charge is 2.36. The minimum atomic E-state index is -3.75. The number of hydrogen-bond acceptors (Lipinski definition) is 8. The van der Waals surface area contributed by atoms with Gasteiger partial charge in [0, 0.05) is 0 Å². The summed E-state index contributed by atoms with van der Waals surface area (Å²) in [6.07, 6.45) is -0.646. The second-order valence-electron chi connectivity index (χ2n) is 7.90. The van der Waals surface area contributed by atoms with Crippen LogP contribution < -0.4 is 0 Å². The Morgan fingerprint density at radius 3 is 2.21 bits per heavy atom. The predicted octanol–water partition coefficient (Wildman–Crippen LogP) is 2.05. The molecular weight excluding hydrogens is 400 g/mol. The van der Waals surface area contributed by atoms with E-state index in [-0.39, 0.29) is 13.0 Å². The fourth-order valence-corrected chi connectivity index (χ4v) is 2.87. The molecule has 0 saturated carbocycles. The van der Waals surface area contributed by atoms with E-state index in [2.05, 4.69) is 4.18 Å². The molecule has 164 valence electrons. The third kappa shape index (κ3) is 10.4. The van der Waals surface area contributed by atoms with Crippen LogP contribution >= 0.6 is 0 Å². The molecule has 0 bridgehead atoms. The molecule has 1 N–H and O–H groups in total. The van der Waals surface area contributed by atoms with Gasteiger partial charge >= 0.3 is 11.9 Å². The Labute approximate surface area is 172 Å². The number of carbonyl (C=O) groups excluding carboxylic acids is 2. The van der Waals surface area contributed by atoms with Gasteiger partial charge in [0.2, 0.25) is 0 Å². The lowest BCUT2D eigenvalue weighted by Gasteiger charge is -2.27. The molecule has 0 aliphatic rings. The minimum absolute atomic E-state index is 0.0464. The van der Waals surface area contributed by atoms with Crippen LogP contribution in [0.2, 0.25) is 0 Å². The summed E-state index contributed by atoms with van der Waals surface area (Å²) in [7, 11) is -3.75. The number of esters is 2. The van der Waals surface area contributed by atoms with Crippen LogP contribution in [-0.4, -0.2) is 50.0 Å². The molecule has 0 radical (unpaired) electrons. The first-order valence-electron chi connectivity index (χ1n) is 9.24. The van der Waals surface area contributed by atoms with Crippen LogP contribution in [-0.2, 0) is 40.0 Å². The zero-order valence-electron chi connectivity index (χ0n) is 17.5. The second-order valence-corrected chi connectivity index (χ2v) is 9.54. The van der Waals surface area contributed by atoms with Crippen LogP contribution in [0.5, 0.6) is 0 Å². The van der Waals surface area contributed by atoms with Crippen molar-refractivity contribution in [3.8, 4) is 0 Å². The summed E-state index contributed by atoms with van der Waals surface area (Å²) in [5.74, 6) is -3.25. The SMILES string of the molecule is C[C@H](C(=O)OCc1ccccc1)[C@H](CC(O)COS(C)(=O)=O)C(=O)OC(C)(C)C. The second kappa shape index (κ2) is 10.7. The van der Waals surface area contributed by atoms with E-state index in [9.17, 15) is 23.1 Å². The molecule has 1 aromatic rings. The van der Waals surface area contributed by atoms with Gasteiger partial charge in [0.1, 0.15) is 12.2 Å². The molecule has 0 spiro atoms. The lowest BCUT2D eigenvalue weighted by Crippen LogP contribution is -2.37. The van der Waals surface area contributed by atoms with E-state index >= 15 is 0 Å². The van der Waals surface area contributed by atoms with Crippen molar-refractivity contribution in [3.05, 3.63) is 35.9 Å². The lowest BCUT2D eigenvalue weighted by molar-refractivity contribution is -0.169. The van der Waals surface area contributed by atoms with Crippen LogP contribution in [0.1, 0.15) is 39.7 Å². The van der Waals surface area contributed by atoms with Gasteiger partial charge in [0.15, 0.2) is 0 Å². The van der Waals surface area contributed by atoms with Crippen molar-refractivity contribution >= 4 is 22.1 Å². The van der Waals surface area contributed by atoms with Crippen LogP contribution in [0, 0.1) is 11.8 Å². The molecule has 0 heterocycles. The van der Waals surface area contributed by atoms with Gasteiger partial charge < -0.3 is 14.6 Å². The van der Waals surface area contributed by atoms with E-state index in [4.69, 9.17) is 9.47 Å². The van der Waals surface area contributed by atoms with Crippen molar-refractivity contribution in [1.82, 2.24) is 0 Å². The molecule has 0 amide bonds. The zero-order valence-corrected chi connectivity index (χ0v) is 18.3. The quantitative estimate of drug-likeness (QED) is 0.443. The smallest absolute Gasteiger partial charge is 0.310 e. The summed E-state index contributed by atoms with van der Waals surface area (Å²) in [5, 5.41) is 10.1. The maximum absolute atomic E-state index is 12.6. The number of hydrogen-bond donors (Lipinski definition) is 1. The number of rotatable bonds is 10. The molecule has 1 unspecified atom stereocenters. The van der Waals surface area contributed by atoms with Crippen molar-refractivity contribution < 1.29 is 36.8 Å². The molecule has 9 heteroatoms. The van der Waals surface area contributed by atoms with Crippen molar-refractivity contribution in [2.24, 2.45) is 11.8 Å². The Balaban J connectivity index is 2.84. The molecule has 0 fully saturated rings. The van der Waals surface area contributed by atoms with E-state index in [1.54, 1.807) is 32.9 Å².